The topological polar surface area (TPSA) is 61.4 Å². The zero-order chi connectivity index (χ0) is 17.0. The molecule has 1 atom stereocenters. The predicted molar refractivity (Wildman–Crippen MR) is 92.7 cm³/mol. The summed E-state index contributed by atoms with van der Waals surface area (Å²) in [6.45, 7) is 9.52. The second-order valence-electron chi connectivity index (χ2n) is 6.76. The standard InChI is InChI=1S/C18H27N3O2/c1-12(2)7-8-19-18(23)20-15-10-17(22)21(11-15)16-6-5-13(3)14(4)9-16/h5-6,9,12,15H,7-8,10-11H2,1-4H3,(H2,19,20,23)/t15-/m0/s1. The summed E-state index contributed by atoms with van der Waals surface area (Å²) in [5.74, 6) is 0.615. The second-order valence-corrected chi connectivity index (χ2v) is 6.76. The molecule has 0 bridgehead atoms. The van der Waals surface area contributed by atoms with Crippen molar-refractivity contribution >= 4 is 17.6 Å². The Morgan fingerprint density at radius 2 is 2.04 bits per heavy atom. The number of aryl methyl sites for hydroxylation is 2. The van der Waals surface area contributed by atoms with Gasteiger partial charge in [-0.3, -0.25) is 4.79 Å². The van der Waals surface area contributed by atoms with Crippen LogP contribution >= 0.6 is 0 Å². The van der Waals surface area contributed by atoms with E-state index in [0.29, 0.717) is 25.4 Å². The van der Waals surface area contributed by atoms with Gasteiger partial charge in [0, 0.05) is 25.2 Å². The number of benzene rings is 1. The quantitative estimate of drug-likeness (QED) is 0.877. The predicted octanol–water partition coefficient (Wildman–Crippen LogP) is 2.75. The average Bonchev–Trinajstić information content (AvgIpc) is 2.82. The fourth-order valence-electron chi connectivity index (χ4n) is 2.66. The number of rotatable bonds is 5. The zero-order valence-corrected chi connectivity index (χ0v) is 14.5. The average molecular weight is 317 g/mol. The van der Waals surface area contributed by atoms with Gasteiger partial charge >= 0.3 is 6.03 Å². The second kappa shape index (κ2) is 7.49. The van der Waals surface area contributed by atoms with Crippen LogP contribution in [0.3, 0.4) is 0 Å². The minimum absolute atomic E-state index is 0.0562. The summed E-state index contributed by atoms with van der Waals surface area (Å²) in [5, 5.41) is 5.74. The summed E-state index contributed by atoms with van der Waals surface area (Å²) in [6, 6.07) is 5.69. The maximum absolute atomic E-state index is 12.2. The molecule has 2 N–H and O–H groups in total. The monoisotopic (exact) mass is 317 g/mol. The van der Waals surface area contributed by atoms with Crippen molar-refractivity contribution in [1.29, 1.82) is 0 Å². The SMILES string of the molecule is Cc1ccc(N2C[C@@H](NC(=O)NCCC(C)C)CC2=O)cc1C. The van der Waals surface area contributed by atoms with Gasteiger partial charge in [0.2, 0.25) is 5.91 Å². The first-order chi connectivity index (χ1) is 10.9. The number of urea groups is 1. The molecular formula is C18H27N3O2. The molecular weight excluding hydrogens is 290 g/mol. The first-order valence-electron chi connectivity index (χ1n) is 8.28. The van der Waals surface area contributed by atoms with Crippen LogP contribution < -0.4 is 15.5 Å². The normalized spacial score (nSPS) is 17.7. The van der Waals surface area contributed by atoms with Crippen molar-refractivity contribution in [3.05, 3.63) is 29.3 Å². The zero-order valence-electron chi connectivity index (χ0n) is 14.5. The highest BCUT2D eigenvalue weighted by Gasteiger charge is 2.31. The molecule has 5 heteroatoms. The molecule has 1 aromatic carbocycles. The van der Waals surface area contributed by atoms with E-state index in [0.717, 1.165) is 17.7 Å². The fraction of sp³-hybridized carbons (Fsp3) is 0.556. The Labute approximate surface area is 138 Å². The molecule has 1 fully saturated rings. The van der Waals surface area contributed by atoms with Crippen LogP contribution in [-0.2, 0) is 4.79 Å². The molecule has 0 aliphatic carbocycles. The Kier molecular flexibility index (Phi) is 5.64. The van der Waals surface area contributed by atoms with Crippen molar-refractivity contribution in [3.63, 3.8) is 0 Å². The molecule has 0 aromatic heterocycles. The number of carbonyl (C=O) groups excluding carboxylic acids is 2. The molecule has 5 nitrogen and oxygen atoms in total. The van der Waals surface area contributed by atoms with Crippen LogP contribution in [0.4, 0.5) is 10.5 Å². The molecule has 126 valence electrons. The van der Waals surface area contributed by atoms with Gasteiger partial charge in [0.1, 0.15) is 0 Å². The van der Waals surface area contributed by atoms with E-state index in [9.17, 15) is 9.59 Å². The molecule has 1 aromatic rings. The molecule has 1 aliphatic rings. The number of hydrogen-bond donors (Lipinski definition) is 2. The van der Waals surface area contributed by atoms with E-state index in [4.69, 9.17) is 0 Å². The van der Waals surface area contributed by atoms with Crippen molar-refractivity contribution in [3.8, 4) is 0 Å². The van der Waals surface area contributed by atoms with Crippen LogP contribution in [0.25, 0.3) is 0 Å². The van der Waals surface area contributed by atoms with E-state index in [2.05, 4.69) is 31.4 Å². The van der Waals surface area contributed by atoms with Gasteiger partial charge in [-0.05, 0) is 49.4 Å². The molecule has 1 aliphatic heterocycles. The minimum Gasteiger partial charge on any atom is -0.338 e. The number of carbonyl (C=O) groups is 2. The first kappa shape index (κ1) is 17.3. The summed E-state index contributed by atoms with van der Waals surface area (Å²) in [6.07, 6.45) is 1.30. The van der Waals surface area contributed by atoms with E-state index in [1.165, 1.54) is 5.56 Å². The highest BCUT2D eigenvalue weighted by atomic mass is 16.2. The summed E-state index contributed by atoms with van der Waals surface area (Å²) >= 11 is 0. The molecule has 23 heavy (non-hydrogen) atoms. The lowest BCUT2D eigenvalue weighted by molar-refractivity contribution is -0.117. The highest BCUT2D eigenvalue weighted by molar-refractivity contribution is 5.96. The van der Waals surface area contributed by atoms with Crippen molar-refractivity contribution in [2.75, 3.05) is 18.0 Å². The number of nitrogens with one attached hydrogen (secondary N) is 2. The van der Waals surface area contributed by atoms with Gasteiger partial charge in [-0.15, -0.1) is 0 Å². The van der Waals surface area contributed by atoms with Gasteiger partial charge in [-0.25, -0.2) is 4.79 Å². The Hall–Kier alpha value is -2.04. The minimum atomic E-state index is -0.189. The lowest BCUT2D eigenvalue weighted by Crippen LogP contribution is -2.43. The van der Waals surface area contributed by atoms with E-state index in [1.807, 2.05) is 25.1 Å². The molecule has 0 spiro atoms. The van der Waals surface area contributed by atoms with Crippen LogP contribution in [0.15, 0.2) is 18.2 Å². The smallest absolute Gasteiger partial charge is 0.315 e. The van der Waals surface area contributed by atoms with Gasteiger partial charge in [0.15, 0.2) is 0 Å². The third-order valence-corrected chi connectivity index (χ3v) is 4.27. The summed E-state index contributed by atoms with van der Waals surface area (Å²) in [7, 11) is 0. The molecule has 1 saturated heterocycles. The van der Waals surface area contributed by atoms with E-state index < -0.39 is 0 Å². The van der Waals surface area contributed by atoms with E-state index in [1.54, 1.807) is 4.90 Å². The van der Waals surface area contributed by atoms with Gasteiger partial charge < -0.3 is 15.5 Å². The molecule has 0 radical (unpaired) electrons. The van der Waals surface area contributed by atoms with Gasteiger partial charge in [-0.2, -0.15) is 0 Å². The molecule has 0 saturated carbocycles. The Morgan fingerprint density at radius 3 is 2.70 bits per heavy atom. The third kappa shape index (κ3) is 4.71. The van der Waals surface area contributed by atoms with Crippen LogP contribution in [-0.4, -0.2) is 31.1 Å². The van der Waals surface area contributed by atoms with Crippen LogP contribution in [0.1, 0.15) is 37.8 Å². The Morgan fingerprint density at radius 1 is 1.30 bits per heavy atom. The van der Waals surface area contributed by atoms with Crippen LogP contribution in [0.5, 0.6) is 0 Å². The van der Waals surface area contributed by atoms with Gasteiger partial charge in [0.05, 0.1) is 6.04 Å². The lowest BCUT2D eigenvalue weighted by Gasteiger charge is -2.18. The first-order valence-corrected chi connectivity index (χ1v) is 8.28. The fourth-order valence-corrected chi connectivity index (χ4v) is 2.66. The largest absolute Gasteiger partial charge is 0.338 e. The van der Waals surface area contributed by atoms with Crippen molar-refractivity contribution in [2.24, 2.45) is 5.92 Å². The molecule has 0 unspecified atom stereocenters. The van der Waals surface area contributed by atoms with Crippen LogP contribution in [0, 0.1) is 19.8 Å². The van der Waals surface area contributed by atoms with Gasteiger partial charge in [-0.1, -0.05) is 19.9 Å². The Balaban J connectivity index is 1.89. The molecule has 3 amide bonds. The molecule has 1 heterocycles. The Bertz CT molecular complexity index is 584. The van der Waals surface area contributed by atoms with Crippen molar-refractivity contribution < 1.29 is 9.59 Å². The maximum atomic E-state index is 12.2. The summed E-state index contributed by atoms with van der Waals surface area (Å²) in [5.41, 5.74) is 3.28. The van der Waals surface area contributed by atoms with E-state index in [-0.39, 0.29) is 18.0 Å². The van der Waals surface area contributed by atoms with Gasteiger partial charge in [0.25, 0.3) is 0 Å². The third-order valence-electron chi connectivity index (χ3n) is 4.27. The maximum Gasteiger partial charge on any atom is 0.315 e. The number of hydrogen-bond acceptors (Lipinski definition) is 2. The van der Waals surface area contributed by atoms with Crippen LogP contribution in [0.2, 0.25) is 0 Å². The number of nitrogens with zero attached hydrogens (tertiary/aromatic N) is 1. The molecule has 2 rings (SSSR count). The highest BCUT2D eigenvalue weighted by Crippen LogP contribution is 2.24. The van der Waals surface area contributed by atoms with Crippen molar-refractivity contribution in [2.45, 2.75) is 46.6 Å². The van der Waals surface area contributed by atoms with E-state index >= 15 is 0 Å². The summed E-state index contributed by atoms with van der Waals surface area (Å²) in [4.78, 5) is 25.9. The number of anilines is 1. The lowest BCUT2D eigenvalue weighted by atomic mass is 10.1. The van der Waals surface area contributed by atoms with Crippen molar-refractivity contribution in [1.82, 2.24) is 10.6 Å². The summed E-state index contributed by atoms with van der Waals surface area (Å²) < 4.78 is 0. The number of amides is 3.